The van der Waals surface area contributed by atoms with Crippen LogP contribution >= 0.6 is 12.2 Å². The first-order chi connectivity index (χ1) is 21.0. The minimum Gasteiger partial charge on any atom is -0.449 e. The zero-order chi connectivity index (χ0) is 30.2. The van der Waals surface area contributed by atoms with Gasteiger partial charge >= 0.3 is 6.09 Å². The summed E-state index contributed by atoms with van der Waals surface area (Å²) in [6.07, 6.45) is 5.72. The fourth-order valence-corrected chi connectivity index (χ4v) is 6.94. The number of unbranched alkanes of at least 4 members (excludes halogenated alkanes) is 1. The molecule has 5 aliphatic rings. The lowest BCUT2D eigenvalue weighted by Gasteiger charge is -2.38. The number of hydrogen-bond donors (Lipinski definition) is 9. The molecule has 12 heteroatoms. The number of hydrogen-bond acceptors (Lipinski definition) is 9. The first-order valence-corrected chi connectivity index (χ1v) is 17.1. The molecule has 3 saturated heterocycles. The number of carbonyl (C=O) groups excluding carboxylic acids is 1. The first kappa shape index (κ1) is 34.2. The lowest BCUT2D eigenvalue weighted by atomic mass is 9.90. The van der Waals surface area contributed by atoms with Crippen LogP contribution < -0.4 is 47.9 Å². The Morgan fingerprint density at radius 2 is 1.23 bits per heavy atom. The van der Waals surface area contributed by atoms with Crippen molar-refractivity contribution in [1.29, 1.82) is 0 Å². The van der Waals surface area contributed by atoms with Gasteiger partial charge in [0, 0.05) is 110 Å². The fourth-order valence-electron chi connectivity index (χ4n) is 6.62. The molecule has 0 aromatic rings. The van der Waals surface area contributed by atoms with Gasteiger partial charge in [0.1, 0.15) is 0 Å². The number of carbonyl (C=O) groups is 1. The van der Waals surface area contributed by atoms with E-state index in [0.29, 0.717) is 36.0 Å². The number of alkyl carbamates (subject to hydrolysis) is 1. The van der Waals surface area contributed by atoms with Gasteiger partial charge in [0.15, 0.2) is 5.11 Å². The summed E-state index contributed by atoms with van der Waals surface area (Å²) in [4.78, 5) is 12.2. The molecule has 2 bridgehead atoms. The van der Waals surface area contributed by atoms with Crippen LogP contribution in [-0.2, 0) is 4.74 Å². The Bertz CT molecular complexity index is 865. The maximum Gasteiger partial charge on any atom is 0.407 e. The van der Waals surface area contributed by atoms with Gasteiger partial charge in [-0.3, -0.25) is 0 Å². The molecular weight excluding hydrogens is 562 g/mol. The molecule has 0 radical (unpaired) electrons. The number of thiocarbonyl (C=S) groups is 1. The topological polar surface area (TPSA) is 135 Å². The Hall–Kier alpha value is -1.72. The second-order valence-electron chi connectivity index (χ2n) is 13.2. The molecule has 3 aliphatic heterocycles. The molecule has 11 nitrogen and oxygen atoms in total. The minimum atomic E-state index is -0.301. The van der Waals surface area contributed by atoms with Crippen molar-refractivity contribution >= 4 is 23.4 Å². The van der Waals surface area contributed by atoms with Gasteiger partial charge in [-0.15, -0.1) is 11.8 Å². The number of amides is 1. The molecule has 1 unspecified atom stereocenters. The highest BCUT2D eigenvalue weighted by molar-refractivity contribution is 7.80. The standard InChI is InChI=1S/C31H57N9O2S/c1-30-19-32-12-15-35-22-31(23-36-16-13-33-20-30,24-37-17-14-34-21-30)40-28(43)38-10-6-7-11-39-29(41)42-18-27-25-8-4-2-3-5-9-26(25)27/h25-27,32-37H,4-24H2,1H3,(H,39,41)(H2,38,40,43)/t25-,26+,27?,30?,31?. The summed E-state index contributed by atoms with van der Waals surface area (Å²) in [6, 6.07) is 0. The van der Waals surface area contributed by atoms with Crippen LogP contribution in [0.15, 0.2) is 0 Å². The highest BCUT2D eigenvalue weighted by atomic mass is 32.1. The zero-order valence-electron chi connectivity index (χ0n) is 26.3. The van der Waals surface area contributed by atoms with E-state index in [4.69, 9.17) is 17.0 Å². The van der Waals surface area contributed by atoms with Crippen LogP contribution in [0.25, 0.3) is 0 Å². The average molecular weight is 620 g/mol. The summed E-state index contributed by atoms with van der Waals surface area (Å²) in [5.41, 5.74) is -0.107. The Morgan fingerprint density at radius 1 is 0.767 bits per heavy atom. The van der Waals surface area contributed by atoms with Gasteiger partial charge in [-0.25, -0.2) is 4.79 Å². The predicted molar refractivity (Wildman–Crippen MR) is 177 cm³/mol. The normalized spacial score (nSPS) is 32.3. The summed E-state index contributed by atoms with van der Waals surface area (Å²) in [5, 5.41) is 32.6. The lowest BCUT2D eigenvalue weighted by molar-refractivity contribution is 0.137. The first-order valence-electron chi connectivity index (χ1n) is 16.7. The predicted octanol–water partition coefficient (Wildman–Crippen LogP) is -0.294. The van der Waals surface area contributed by atoms with Gasteiger partial charge in [-0.05, 0) is 55.7 Å². The maximum atomic E-state index is 12.2. The number of nitrogens with one attached hydrogen (secondary N) is 9. The van der Waals surface area contributed by atoms with E-state index in [1.54, 1.807) is 0 Å². The molecular formula is C31H57N9O2S. The number of fused-ring (bicyclic) bond motifs is 16. The second kappa shape index (κ2) is 18.3. The monoisotopic (exact) mass is 619 g/mol. The molecule has 5 rings (SSSR count). The quantitative estimate of drug-likeness (QED) is 0.101. The van der Waals surface area contributed by atoms with Crippen molar-refractivity contribution in [3.8, 4) is 11.8 Å². The van der Waals surface area contributed by atoms with E-state index in [2.05, 4.69) is 66.6 Å². The van der Waals surface area contributed by atoms with E-state index in [0.717, 1.165) is 124 Å². The van der Waals surface area contributed by atoms with Crippen LogP contribution in [-0.4, -0.2) is 115 Å². The lowest BCUT2D eigenvalue weighted by Crippen LogP contribution is -2.67. The van der Waals surface area contributed by atoms with E-state index in [1.807, 2.05) is 0 Å². The van der Waals surface area contributed by atoms with E-state index >= 15 is 0 Å². The molecule has 3 atom stereocenters. The Labute approximate surface area is 264 Å². The highest BCUT2D eigenvalue weighted by Crippen LogP contribution is 2.52. The third kappa shape index (κ3) is 12.3. The third-order valence-electron chi connectivity index (χ3n) is 9.26. The van der Waals surface area contributed by atoms with Gasteiger partial charge in [-0.2, -0.15) is 0 Å². The van der Waals surface area contributed by atoms with Crippen molar-refractivity contribution in [2.45, 2.75) is 51.0 Å². The fraction of sp³-hybridized carbons (Fsp3) is 0.871. The van der Waals surface area contributed by atoms with E-state index < -0.39 is 0 Å². The van der Waals surface area contributed by atoms with Crippen molar-refractivity contribution in [2.75, 3.05) is 98.2 Å². The Balaban J connectivity index is 1.14. The smallest absolute Gasteiger partial charge is 0.407 e. The number of ether oxygens (including phenoxy) is 1. The van der Waals surface area contributed by atoms with Crippen LogP contribution in [0.3, 0.4) is 0 Å². The molecule has 0 aromatic carbocycles. The van der Waals surface area contributed by atoms with E-state index in [9.17, 15) is 4.79 Å². The molecule has 0 spiro atoms. The van der Waals surface area contributed by atoms with Crippen molar-refractivity contribution in [3.05, 3.63) is 0 Å². The van der Waals surface area contributed by atoms with Crippen LogP contribution in [0.1, 0.15) is 45.4 Å². The van der Waals surface area contributed by atoms with Crippen LogP contribution in [0.2, 0.25) is 0 Å². The summed E-state index contributed by atoms with van der Waals surface area (Å²) < 4.78 is 5.53. The average Bonchev–Trinajstić information content (AvgIpc) is 3.63. The van der Waals surface area contributed by atoms with Gasteiger partial charge in [0.25, 0.3) is 0 Å². The largest absolute Gasteiger partial charge is 0.449 e. The second-order valence-corrected chi connectivity index (χ2v) is 13.6. The van der Waals surface area contributed by atoms with Crippen LogP contribution in [0.5, 0.6) is 0 Å². The highest BCUT2D eigenvalue weighted by Gasteiger charge is 2.49. The van der Waals surface area contributed by atoms with Gasteiger partial charge < -0.3 is 52.6 Å². The van der Waals surface area contributed by atoms with Crippen molar-refractivity contribution in [3.63, 3.8) is 0 Å². The molecule has 0 aromatic heterocycles. The van der Waals surface area contributed by atoms with Gasteiger partial charge in [0.2, 0.25) is 0 Å². The molecule has 1 saturated carbocycles. The van der Waals surface area contributed by atoms with Crippen LogP contribution in [0, 0.1) is 35.0 Å². The van der Waals surface area contributed by atoms with E-state index in [-0.39, 0.29) is 17.0 Å². The molecule has 1 amide bonds. The van der Waals surface area contributed by atoms with Crippen molar-refractivity contribution in [2.24, 2.45) is 23.2 Å². The molecule has 244 valence electrons. The van der Waals surface area contributed by atoms with Gasteiger partial charge in [0.05, 0.1) is 12.1 Å². The Morgan fingerprint density at radius 3 is 1.74 bits per heavy atom. The molecule has 4 fully saturated rings. The van der Waals surface area contributed by atoms with E-state index in [1.165, 1.54) is 0 Å². The third-order valence-corrected chi connectivity index (χ3v) is 9.51. The maximum absolute atomic E-state index is 12.2. The van der Waals surface area contributed by atoms with Crippen molar-refractivity contribution in [1.82, 2.24) is 47.9 Å². The number of rotatable bonds is 8. The molecule has 9 N–H and O–H groups in total. The molecule has 2 aliphatic carbocycles. The SMILES string of the molecule is CC12CNCCNCC(NC(=S)NCCCCNC(=O)OCC3[C@H]4CCC#CCC[C@@H]34)(CNCCNC1)CNCCNC2. The van der Waals surface area contributed by atoms with Gasteiger partial charge in [-0.1, -0.05) is 6.92 Å². The molecule has 3 heterocycles. The van der Waals surface area contributed by atoms with Crippen molar-refractivity contribution < 1.29 is 9.53 Å². The molecule has 43 heavy (non-hydrogen) atoms. The summed E-state index contributed by atoms with van der Waals surface area (Å²) in [7, 11) is 0. The summed E-state index contributed by atoms with van der Waals surface area (Å²) in [6.45, 7) is 15.0. The zero-order valence-corrected chi connectivity index (χ0v) is 27.1. The summed E-state index contributed by atoms with van der Waals surface area (Å²) >= 11 is 5.76. The Kier molecular flexibility index (Phi) is 14.5. The minimum absolute atomic E-state index is 0.168. The van der Waals surface area contributed by atoms with Crippen LogP contribution in [0.4, 0.5) is 4.79 Å². The summed E-state index contributed by atoms with van der Waals surface area (Å²) in [5.74, 6) is 8.37.